The van der Waals surface area contributed by atoms with Crippen molar-refractivity contribution in [3.05, 3.63) is 66.0 Å². The molecule has 0 N–H and O–H groups in total. The number of carbonyl (C=O) groups is 2. The number of hydrogen-bond donors (Lipinski definition) is 0. The van der Waals surface area contributed by atoms with E-state index in [0.29, 0.717) is 42.4 Å². The van der Waals surface area contributed by atoms with Gasteiger partial charge in [-0.2, -0.15) is 0 Å². The fourth-order valence-electron chi connectivity index (χ4n) is 4.54. The molecule has 4 rings (SSSR count). The molecule has 1 saturated heterocycles. The highest BCUT2D eigenvalue weighted by Crippen LogP contribution is 2.32. The standard InChI is InChI=1S/C29H34FN5O4/c1-20(2)35(29(37)21-6-8-22(30)9-7-21)19-28(36)34-15-5-14-33(16-17-34)27-13-12-25(31-32-27)24-11-10-23(38-3)18-26(24)39-4/h6-13,18,20H,5,14-17,19H2,1-4H3. The van der Waals surface area contributed by atoms with Crippen molar-refractivity contribution >= 4 is 17.6 Å². The minimum atomic E-state index is -0.410. The summed E-state index contributed by atoms with van der Waals surface area (Å²) in [6, 6.07) is 14.6. The van der Waals surface area contributed by atoms with Gasteiger partial charge in [0.15, 0.2) is 5.82 Å². The Labute approximate surface area is 228 Å². The first-order valence-electron chi connectivity index (χ1n) is 13.0. The van der Waals surface area contributed by atoms with Crippen LogP contribution in [0.5, 0.6) is 11.5 Å². The van der Waals surface area contributed by atoms with Gasteiger partial charge in [0.2, 0.25) is 5.91 Å². The van der Waals surface area contributed by atoms with Crippen LogP contribution >= 0.6 is 0 Å². The molecule has 206 valence electrons. The van der Waals surface area contributed by atoms with Gasteiger partial charge < -0.3 is 24.2 Å². The minimum Gasteiger partial charge on any atom is -0.497 e. The average Bonchev–Trinajstić information content (AvgIpc) is 3.22. The highest BCUT2D eigenvalue weighted by molar-refractivity contribution is 5.96. The Morgan fingerprint density at radius 1 is 0.949 bits per heavy atom. The van der Waals surface area contributed by atoms with Gasteiger partial charge in [0.05, 0.1) is 19.9 Å². The first kappa shape index (κ1) is 27.8. The average molecular weight is 536 g/mol. The summed E-state index contributed by atoms with van der Waals surface area (Å²) in [6.07, 6.45) is 0.759. The van der Waals surface area contributed by atoms with Crippen molar-refractivity contribution in [2.24, 2.45) is 0 Å². The molecule has 2 amide bonds. The number of hydrogen-bond acceptors (Lipinski definition) is 7. The van der Waals surface area contributed by atoms with Gasteiger partial charge in [-0.05, 0) is 68.8 Å². The van der Waals surface area contributed by atoms with E-state index in [1.54, 1.807) is 25.2 Å². The number of ether oxygens (including phenoxy) is 2. The zero-order chi connectivity index (χ0) is 27.9. The fourth-order valence-corrected chi connectivity index (χ4v) is 4.54. The number of benzene rings is 2. The lowest BCUT2D eigenvalue weighted by Gasteiger charge is -2.29. The van der Waals surface area contributed by atoms with Crippen LogP contribution in [0, 0.1) is 5.82 Å². The third-order valence-corrected chi connectivity index (χ3v) is 6.79. The molecule has 0 saturated carbocycles. The normalized spacial score (nSPS) is 13.7. The molecule has 0 aliphatic carbocycles. The first-order valence-corrected chi connectivity index (χ1v) is 13.0. The van der Waals surface area contributed by atoms with Crippen LogP contribution in [-0.4, -0.2) is 84.8 Å². The third-order valence-electron chi connectivity index (χ3n) is 6.79. The van der Waals surface area contributed by atoms with Crippen LogP contribution in [0.1, 0.15) is 30.6 Å². The summed E-state index contributed by atoms with van der Waals surface area (Å²) < 4.78 is 24.1. The quantitative estimate of drug-likeness (QED) is 0.433. The van der Waals surface area contributed by atoms with Gasteiger partial charge in [-0.3, -0.25) is 9.59 Å². The van der Waals surface area contributed by atoms with Crippen molar-refractivity contribution in [2.45, 2.75) is 26.3 Å². The summed E-state index contributed by atoms with van der Waals surface area (Å²) in [5.41, 5.74) is 1.86. The lowest BCUT2D eigenvalue weighted by Crippen LogP contribution is -2.46. The Morgan fingerprint density at radius 2 is 1.72 bits per heavy atom. The van der Waals surface area contributed by atoms with Crippen molar-refractivity contribution < 1.29 is 23.5 Å². The number of nitrogens with zero attached hydrogens (tertiary/aromatic N) is 5. The lowest BCUT2D eigenvalue weighted by atomic mass is 10.1. The molecule has 3 aromatic rings. The van der Waals surface area contributed by atoms with Crippen molar-refractivity contribution in [3.8, 4) is 22.8 Å². The summed E-state index contributed by atoms with van der Waals surface area (Å²) in [6.45, 7) is 6.11. The van der Waals surface area contributed by atoms with E-state index in [1.165, 1.54) is 29.2 Å². The number of methoxy groups -OCH3 is 2. The van der Waals surface area contributed by atoms with Crippen LogP contribution in [0.15, 0.2) is 54.6 Å². The SMILES string of the molecule is COc1ccc(-c2ccc(N3CCCN(C(=O)CN(C(=O)c4ccc(F)cc4)C(C)C)CC3)nn2)c(OC)c1. The molecule has 9 nitrogen and oxygen atoms in total. The lowest BCUT2D eigenvalue weighted by molar-refractivity contribution is -0.132. The van der Waals surface area contributed by atoms with Crippen LogP contribution in [0.3, 0.4) is 0 Å². The minimum absolute atomic E-state index is 0.0356. The number of aromatic nitrogens is 2. The van der Waals surface area contributed by atoms with Crippen molar-refractivity contribution in [1.29, 1.82) is 0 Å². The van der Waals surface area contributed by atoms with Gasteiger partial charge in [-0.15, -0.1) is 10.2 Å². The molecule has 0 unspecified atom stereocenters. The van der Waals surface area contributed by atoms with Gasteiger partial charge in [0.25, 0.3) is 5.91 Å². The Bertz CT molecular complexity index is 1280. The van der Waals surface area contributed by atoms with Crippen LogP contribution in [-0.2, 0) is 4.79 Å². The van der Waals surface area contributed by atoms with E-state index in [9.17, 15) is 14.0 Å². The summed E-state index contributed by atoms with van der Waals surface area (Å²) in [4.78, 5) is 31.7. The van der Waals surface area contributed by atoms with E-state index in [0.717, 1.165) is 24.3 Å². The fraction of sp³-hybridized carbons (Fsp3) is 0.379. The van der Waals surface area contributed by atoms with E-state index in [-0.39, 0.29) is 24.4 Å². The largest absolute Gasteiger partial charge is 0.497 e. The van der Waals surface area contributed by atoms with Crippen molar-refractivity contribution in [3.63, 3.8) is 0 Å². The molecule has 0 spiro atoms. The van der Waals surface area contributed by atoms with Crippen molar-refractivity contribution in [1.82, 2.24) is 20.0 Å². The molecule has 1 aromatic heterocycles. The van der Waals surface area contributed by atoms with Crippen LogP contribution < -0.4 is 14.4 Å². The van der Waals surface area contributed by atoms with Gasteiger partial charge >= 0.3 is 0 Å². The predicted octanol–water partition coefficient (Wildman–Crippen LogP) is 3.89. The molecule has 1 fully saturated rings. The second kappa shape index (κ2) is 12.6. The zero-order valence-electron chi connectivity index (χ0n) is 22.8. The second-order valence-corrected chi connectivity index (χ2v) is 9.60. The Hall–Kier alpha value is -4.21. The van der Waals surface area contributed by atoms with Crippen LogP contribution in [0.2, 0.25) is 0 Å². The monoisotopic (exact) mass is 535 g/mol. The molecule has 2 aromatic carbocycles. The molecular weight excluding hydrogens is 501 g/mol. The molecule has 1 aliphatic rings. The summed E-state index contributed by atoms with van der Waals surface area (Å²) in [5, 5.41) is 8.87. The summed E-state index contributed by atoms with van der Waals surface area (Å²) in [7, 11) is 3.20. The number of rotatable bonds is 8. The molecule has 0 atom stereocenters. The Kier molecular flexibility index (Phi) is 8.96. The van der Waals surface area contributed by atoms with Crippen LogP contribution in [0.25, 0.3) is 11.3 Å². The van der Waals surface area contributed by atoms with Gasteiger partial charge in [0, 0.05) is 49.4 Å². The van der Waals surface area contributed by atoms with E-state index in [2.05, 4.69) is 15.1 Å². The maximum absolute atomic E-state index is 13.3. The van der Waals surface area contributed by atoms with Crippen LogP contribution in [0.4, 0.5) is 10.2 Å². The summed E-state index contributed by atoms with van der Waals surface area (Å²) in [5.74, 6) is 1.25. The maximum Gasteiger partial charge on any atom is 0.254 e. The zero-order valence-corrected chi connectivity index (χ0v) is 22.8. The summed E-state index contributed by atoms with van der Waals surface area (Å²) >= 11 is 0. The van der Waals surface area contributed by atoms with E-state index >= 15 is 0 Å². The molecule has 1 aliphatic heterocycles. The molecule has 0 bridgehead atoms. The van der Waals surface area contributed by atoms with Crippen molar-refractivity contribution in [2.75, 3.05) is 51.8 Å². The number of anilines is 1. The molecule has 10 heteroatoms. The topological polar surface area (TPSA) is 88.1 Å². The van der Waals surface area contributed by atoms with E-state index in [4.69, 9.17) is 9.47 Å². The first-order chi connectivity index (χ1) is 18.8. The smallest absolute Gasteiger partial charge is 0.254 e. The molecule has 0 radical (unpaired) electrons. The molecular formula is C29H34FN5O4. The predicted molar refractivity (Wildman–Crippen MR) is 147 cm³/mol. The Balaban J connectivity index is 1.39. The maximum atomic E-state index is 13.3. The molecule has 39 heavy (non-hydrogen) atoms. The van der Waals surface area contributed by atoms with Gasteiger partial charge in [-0.25, -0.2) is 4.39 Å². The number of halogens is 1. The number of amides is 2. The molecule has 2 heterocycles. The Morgan fingerprint density at radius 3 is 2.36 bits per heavy atom. The second-order valence-electron chi connectivity index (χ2n) is 9.60. The van der Waals surface area contributed by atoms with E-state index < -0.39 is 5.82 Å². The number of carbonyl (C=O) groups excluding carboxylic acids is 2. The third kappa shape index (κ3) is 6.63. The highest BCUT2D eigenvalue weighted by Gasteiger charge is 2.26. The highest BCUT2D eigenvalue weighted by atomic mass is 19.1. The van der Waals surface area contributed by atoms with Gasteiger partial charge in [0.1, 0.15) is 23.9 Å². The van der Waals surface area contributed by atoms with Gasteiger partial charge in [-0.1, -0.05) is 0 Å². The van der Waals surface area contributed by atoms with E-state index in [1.807, 2.05) is 38.1 Å².